The van der Waals surface area contributed by atoms with Crippen molar-refractivity contribution in [2.45, 2.75) is 19.0 Å². The van der Waals surface area contributed by atoms with Gasteiger partial charge in [-0.1, -0.05) is 6.07 Å². The molecule has 0 spiro atoms. The highest BCUT2D eigenvalue weighted by Crippen LogP contribution is 2.38. The van der Waals surface area contributed by atoms with E-state index < -0.39 is 11.7 Å². The summed E-state index contributed by atoms with van der Waals surface area (Å²) in [4.78, 5) is 15.6. The number of ether oxygens (including phenoxy) is 1. The fourth-order valence-corrected chi connectivity index (χ4v) is 3.28. The largest absolute Gasteiger partial charge is 0.493 e. The molecule has 2 heterocycles. The van der Waals surface area contributed by atoms with Gasteiger partial charge in [0.1, 0.15) is 5.75 Å². The summed E-state index contributed by atoms with van der Waals surface area (Å²) in [5.41, 5.74) is 2.01. The van der Waals surface area contributed by atoms with Crippen LogP contribution in [0.15, 0.2) is 54.7 Å². The highest BCUT2D eigenvalue weighted by molar-refractivity contribution is 6.05. The molecule has 0 saturated carbocycles. The zero-order valence-corrected chi connectivity index (χ0v) is 14.8. The number of aromatic nitrogens is 1. The topological polar surface area (TPSA) is 54.1 Å². The number of hydrogen-bond donors (Lipinski definition) is 2. The Hall–Kier alpha value is -3.22. The summed E-state index contributed by atoms with van der Waals surface area (Å²) in [7, 11) is 0. The molecule has 0 fully saturated rings. The van der Waals surface area contributed by atoms with E-state index in [4.69, 9.17) is 4.74 Å². The molecule has 7 heteroatoms. The molecule has 0 atom stereocenters. The van der Waals surface area contributed by atoms with Crippen LogP contribution in [0.1, 0.15) is 24.0 Å². The van der Waals surface area contributed by atoms with Crippen molar-refractivity contribution in [3.63, 3.8) is 0 Å². The Labute approximate surface area is 159 Å². The first kappa shape index (κ1) is 18.2. The van der Waals surface area contributed by atoms with Crippen LogP contribution in [0.5, 0.6) is 5.75 Å². The Kier molecular flexibility index (Phi) is 4.58. The number of fused-ring (bicyclic) bond motifs is 2. The molecule has 1 aromatic heterocycles. The third-order valence-corrected chi connectivity index (χ3v) is 4.63. The van der Waals surface area contributed by atoms with Crippen LogP contribution in [0.4, 0.5) is 18.9 Å². The van der Waals surface area contributed by atoms with Crippen molar-refractivity contribution in [3.05, 3.63) is 65.9 Å². The van der Waals surface area contributed by atoms with E-state index in [1.165, 1.54) is 12.1 Å². The Morgan fingerprint density at radius 1 is 1.14 bits per heavy atom. The molecule has 4 nitrogen and oxygen atoms in total. The number of benzene rings is 2. The summed E-state index contributed by atoms with van der Waals surface area (Å²) < 4.78 is 44.4. The lowest BCUT2D eigenvalue weighted by Gasteiger charge is -2.13. The van der Waals surface area contributed by atoms with Gasteiger partial charge in [0.05, 0.1) is 12.2 Å². The smallest absolute Gasteiger partial charge is 0.416 e. The molecule has 4 rings (SSSR count). The number of amides is 1. The Morgan fingerprint density at radius 3 is 2.82 bits per heavy atom. The quantitative estimate of drug-likeness (QED) is 0.581. The summed E-state index contributed by atoms with van der Waals surface area (Å²) >= 11 is 0. The van der Waals surface area contributed by atoms with Gasteiger partial charge in [-0.15, -0.1) is 0 Å². The fraction of sp³-hybridized carbons (Fsp3) is 0.190. The summed E-state index contributed by atoms with van der Waals surface area (Å²) in [6.07, 6.45) is -0.0338. The highest BCUT2D eigenvalue weighted by Gasteiger charge is 2.32. The molecule has 1 aliphatic rings. The van der Waals surface area contributed by atoms with Crippen molar-refractivity contribution in [2.75, 3.05) is 11.9 Å². The van der Waals surface area contributed by atoms with E-state index in [0.717, 1.165) is 23.0 Å². The lowest BCUT2D eigenvalue weighted by Crippen LogP contribution is -2.09. The van der Waals surface area contributed by atoms with Crippen LogP contribution in [0.25, 0.3) is 16.5 Å². The van der Waals surface area contributed by atoms with Crippen LogP contribution < -0.4 is 10.1 Å². The van der Waals surface area contributed by atoms with Crippen molar-refractivity contribution >= 4 is 28.1 Å². The van der Waals surface area contributed by atoms with Gasteiger partial charge in [-0.25, -0.2) is 0 Å². The number of carbonyl (C=O) groups excluding carboxylic acids is 1. The minimum absolute atomic E-state index is 0.153. The van der Waals surface area contributed by atoms with Crippen LogP contribution >= 0.6 is 0 Å². The van der Waals surface area contributed by atoms with Gasteiger partial charge in [-0.2, -0.15) is 13.2 Å². The maximum absolute atomic E-state index is 13.0. The summed E-state index contributed by atoms with van der Waals surface area (Å²) in [5, 5.41) is 3.78. The van der Waals surface area contributed by atoms with Gasteiger partial charge in [0.15, 0.2) is 0 Å². The van der Waals surface area contributed by atoms with Crippen LogP contribution in [-0.4, -0.2) is 17.5 Å². The van der Waals surface area contributed by atoms with Crippen LogP contribution in [-0.2, 0) is 11.0 Å². The van der Waals surface area contributed by atoms with E-state index in [1.807, 2.05) is 24.4 Å². The number of allylic oxidation sites excluding steroid dienone is 1. The molecule has 144 valence electrons. The van der Waals surface area contributed by atoms with Gasteiger partial charge >= 0.3 is 6.18 Å². The third-order valence-electron chi connectivity index (χ3n) is 4.63. The van der Waals surface area contributed by atoms with Crippen molar-refractivity contribution in [3.8, 4) is 5.75 Å². The van der Waals surface area contributed by atoms with Crippen molar-refractivity contribution in [2.24, 2.45) is 0 Å². The first-order chi connectivity index (χ1) is 13.4. The second-order valence-corrected chi connectivity index (χ2v) is 6.60. The predicted octanol–water partition coefficient (Wildman–Crippen LogP) is 5.38. The zero-order valence-electron chi connectivity index (χ0n) is 14.8. The number of carbonyl (C=O) groups is 1. The molecule has 1 amide bonds. The van der Waals surface area contributed by atoms with Gasteiger partial charge in [-0.05, 0) is 54.8 Å². The number of nitrogens with one attached hydrogen (secondary N) is 2. The summed E-state index contributed by atoms with van der Waals surface area (Å²) in [6.45, 7) is 0.303. The minimum atomic E-state index is -4.44. The molecule has 1 aliphatic heterocycles. The number of H-pyrrole nitrogens is 1. The number of halogens is 3. The maximum atomic E-state index is 13.0. The van der Waals surface area contributed by atoms with E-state index in [9.17, 15) is 18.0 Å². The number of rotatable bonds is 2. The molecule has 0 bridgehead atoms. The standard InChI is InChI=1S/C21H17F3N2O2/c22-21(23,24)15-3-5-17-13(2-1-9-28-19(17)12-15)11-20(27)26-16-4-6-18-14(10-16)7-8-25-18/h3-8,10-12,25H,1-2,9H2,(H,26,27). The van der Waals surface area contributed by atoms with Gasteiger partial charge < -0.3 is 15.0 Å². The van der Waals surface area contributed by atoms with E-state index in [2.05, 4.69) is 10.3 Å². The van der Waals surface area contributed by atoms with Gasteiger partial charge in [0, 0.05) is 34.4 Å². The van der Waals surface area contributed by atoms with E-state index in [-0.39, 0.29) is 11.7 Å². The van der Waals surface area contributed by atoms with Gasteiger partial charge in [-0.3, -0.25) is 4.79 Å². The zero-order chi connectivity index (χ0) is 19.7. The monoisotopic (exact) mass is 386 g/mol. The second-order valence-electron chi connectivity index (χ2n) is 6.60. The number of alkyl halides is 3. The molecule has 2 aromatic carbocycles. The molecule has 0 saturated heterocycles. The molecule has 3 aromatic rings. The molecule has 0 aliphatic carbocycles. The lowest BCUT2D eigenvalue weighted by atomic mass is 9.99. The first-order valence-corrected chi connectivity index (χ1v) is 8.83. The molecule has 2 N–H and O–H groups in total. The third kappa shape index (κ3) is 3.74. The lowest BCUT2D eigenvalue weighted by molar-refractivity contribution is -0.137. The van der Waals surface area contributed by atoms with Gasteiger partial charge in [0.25, 0.3) is 0 Å². The fourth-order valence-electron chi connectivity index (χ4n) is 3.28. The van der Waals surface area contributed by atoms with Crippen molar-refractivity contribution in [1.29, 1.82) is 0 Å². The minimum Gasteiger partial charge on any atom is -0.493 e. The average molecular weight is 386 g/mol. The number of hydrogen-bond acceptors (Lipinski definition) is 2. The SMILES string of the molecule is O=C(C=C1CCCOc2cc(C(F)(F)F)ccc21)Nc1ccc2[nH]ccc2c1. The van der Waals surface area contributed by atoms with E-state index in [1.54, 1.807) is 6.07 Å². The molecule has 0 unspecified atom stereocenters. The van der Waals surface area contributed by atoms with E-state index in [0.29, 0.717) is 36.3 Å². The summed E-state index contributed by atoms with van der Waals surface area (Å²) in [6, 6.07) is 10.8. The Balaban J connectivity index is 1.60. The maximum Gasteiger partial charge on any atom is 0.416 e. The Morgan fingerprint density at radius 2 is 2.00 bits per heavy atom. The molecular weight excluding hydrogens is 369 g/mol. The van der Waals surface area contributed by atoms with Gasteiger partial charge in [0.2, 0.25) is 5.91 Å². The van der Waals surface area contributed by atoms with Crippen LogP contribution in [0, 0.1) is 0 Å². The van der Waals surface area contributed by atoms with Crippen molar-refractivity contribution < 1.29 is 22.7 Å². The number of aromatic amines is 1. The molecule has 28 heavy (non-hydrogen) atoms. The Bertz CT molecular complexity index is 1070. The average Bonchev–Trinajstić information content (AvgIpc) is 3.02. The van der Waals surface area contributed by atoms with Crippen molar-refractivity contribution in [1.82, 2.24) is 4.98 Å². The second kappa shape index (κ2) is 7.07. The first-order valence-electron chi connectivity index (χ1n) is 8.83. The molecular formula is C21H17F3N2O2. The van der Waals surface area contributed by atoms with E-state index >= 15 is 0 Å². The number of anilines is 1. The highest BCUT2D eigenvalue weighted by atomic mass is 19.4. The normalized spacial score (nSPS) is 15.8. The molecule has 0 radical (unpaired) electrons. The van der Waals surface area contributed by atoms with Crippen LogP contribution in [0.3, 0.4) is 0 Å². The predicted molar refractivity (Wildman–Crippen MR) is 101 cm³/mol. The van der Waals surface area contributed by atoms with Crippen LogP contribution in [0.2, 0.25) is 0 Å². The summed E-state index contributed by atoms with van der Waals surface area (Å²) in [5.74, 6) is -0.183.